The minimum absolute atomic E-state index is 0.225. The number of methoxy groups -OCH3 is 1. The fourth-order valence-electron chi connectivity index (χ4n) is 0.984. The van der Waals surface area contributed by atoms with Gasteiger partial charge in [-0.25, -0.2) is 0 Å². The van der Waals surface area contributed by atoms with E-state index in [9.17, 15) is 4.79 Å². The lowest BCUT2D eigenvalue weighted by Crippen LogP contribution is -2.33. The number of nitrogens with zero attached hydrogens (tertiary/aromatic N) is 1. The number of nitrogens with one attached hydrogen (secondary N) is 2. The molecule has 0 radical (unpaired) electrons. The molecule has 1 amide bonds. The van der Waals surface area contributed by atoms with Crippen molar-refractivity contribution in [2.45, 2.75) is 0 Å². The third-order valence-electron chi connectivity index (χ3n) is 1.74. The summed E-state index contributed by atoms with van der Waals surface area (Å²) in [5.41, 5.74) is 0.298. The van der Waals surface area contributed by atoms with Gasteiger partial charge in [0.15, 0.2) is 5.69 Å². The molecule has 0 bridgehead atoms. The van der Waals surface area contributed by atoms with E-state index in [1.807, 2.05) is 0 Å². The Kier molecular flexibility index (Phi) is 5.42. The Bertz CT molecular complexity index is 274. The molecule has 2 N–H and O–H groups in total. The first-order valence-electron chi connectivity index (χ1n) is 4.73. The Morgan fingerprint density at radius 3 is 3.07 bits per heavy atom. The summed E-state index contributed by atoms with van der Waals surface area (Å²) >= 11 is 0. The fraction of sp³-hybridized carbons (Fsp3) is 0.556. The Hall–Kier alpha value is -1.40. The molecule has 15 heavy (non-hydrogen) atoms. The molecule has 0 aromatic carbocycles. The van der Waals surface area contributed by atoms with Gasteiger partial charge in [-0.3, -0.25) is 4.79 Å². The van der Waals surface area contributed by atoms with Gasteiger partial charge in [0.05, 0.1) is 6.61 Å². The van der Waals surface area contributed by atoms with Crippen molar-refractivity contribution in [1.82, 2.24) is 15.8 Å². The van der Waals surface area contributed by atoms with Gasteiger partial charge in [-0.05, 0) is 0 Å². The van der Waals surface area contributed by atoms with Gasteiger partial charge in [-0.15, -0.1) is 0 Å². The summed E-state index contributed by atoms with van der Waals surface area (Å²) < 4.78 is 9.41. The van der Waals surface area contributed by atoms with Crippen molar-refractivity contribution in [1.29, 1.82) is 0 Å². The first kappa shape index (κ1) is 11.7. The number of amides is 1. The van der Waals surface area contributed by atoms with Crippen molar-refractivity contribution in [2.75, 3.05) is 33.4 Å². The third kappa shape index (κ3) is 4.57. The van der Waals surface area contributed by atoms with Crippen LogP contribution < -0.4 is 10.6 Å². The lowest BCUT2D eigenvalue weighted by atomic mass is 10.4. The molecule has 1 heterocycles. The summed E-state index contributed by atoms with van der Waals surface area (Å²) in [6.45, 7) is 2.69. The standard InChI is InChI=1S/C9H15N3O3/c1-14-7-5-10-3-4-11-9(13)8-2-6-15-12-8/h2,6,10H,3-5,7H2,1H3,(H,11,13). The maximum Gasteiger partial charge on any atom is 0.273 e. The van der Waals surface area contributed by atoms with Crippen molar-refractivity contribution in [3.8, 4) is 0 Å². The summed E-state index contributed by atoms with van der Waals surface area (Å²) in [6, 6.07) is 1.52. The number of hydrogen-bond donors (Lipinski definition) is 2. The second-order valence-corrected chi connectivity index (χ2v) is 2.88. The Morgan fingerprint density at radius 2 is 2.40 bits per heavy atom. The van der Waals surface area contributed by atoms with E-state index in [-0.39, 0.29) is 5.91 Å². The van der Waals surface area contributed by atoms with E-state index >= 15 is 0 Å². The first-order chi connectivity index (χ1) is 7.34. The Labute approximate surface area is 88.0 Å². The molecular formula is C9H15N3O3. The molecular weight excluding hydrogens is 198 g/mol. The van der Waals surface area contributed by atoms with Gasteiger partial charge in [0.1, 0.15) is 6.26 Å². The largest absolute Gasteiger partial charge is 0.383 e. The molecule has 1 rings (SSSR count). The highest BCUT2D eigenvalue weighted by atomic mass is 16.5. The van der Waals surface area contributed by atoms with Crippen LogP contribution in [0.5, 0.6) is 0 Å². The van der Waals surface area contributed by atoms with Gasteiger partial charge in [0, 0.05) is 32.8 Å². The van der Waals surface area contributed by atoms with Crippen LogP contribution in [0.4, 0.5) is 0 Å². The minimum atomic E-state index is -0.225. The predicted molar refractivity (Wildman–Crippen MR) is 53.6 cm³/mol. The molecule has 0 aliphatic heterocycles. The normalized spacial score (nSPS) is 10.2. The average molecular weight is 213 g/mol. The van der Waals surface area contributed by atoms with Crippen LogP contribution >= 0.6 is 0 Å². The second kappa shape index (κ2) is 6.97. The third-order valence-corrected chi connectivity index (χ3v) is 1.74. The average Bonchev–Trinajstić information content (AvgIpc) is 2.76. The van der Waals surface area contributed by atoms with Crippen LogP contribution in [0.2, 0.25) is 0 Å². The summed E-state index contributed by atoms with van der Waals surface area (Å²) in [5, 5.41) is 9.32. The van der Waals surface area contributed by atoms with E-state index in [0.717, 1.165) is 6.54 Å². The molecule has 0 atom stereocenters. The van der Waals surface area contributed by atoms with Crippen molar-refractivity contribution in [3.63, 3.8) is 0 Å². The quantitative estimate of drug-likeness (QED) is 0.605. The van der Waals surface area contributed by atoms with Gasteiger partial charge in [-0.1, -0.05) is 5.16 Å². The van der Waals surface area contributed by atoms with Gasteiger partial charge in [-0.2, -0.15) is 0 Å². The number of carbonyl (C=O) groups is 1. The van der Waals surface area contributed by atoms with Crippen LogP contribution in [0.15, 0.2) is 16.9 Å². The maximum absolute atomic E-state index is 11.3. The topological polar surface area (TPSA) is 76.4 Å². The molecule has 0 spiro atoms. The number of hydrogen-bond acceptors (Lipinski definition) is 5. The van der Waals surface area contributed by atoms with E-state index in [1.165, 1.54) is 12.3 Å². The molecule has 0 aliphatic carbocycles. The fourth-order valence-corrected chi connectivity index (χ4v) is 0.984. The molecule has 84 valence electrons. The van der Waals surface area contributed by atoms with Crippen LogP contribution in [0, 0.1) is 0 Å². The smallest absolute Gasteiger partial charge is 0.273 e. The summed E-state index contributed by atoms with van der Waals surface area (Å²) in [5.74, 6) is -0.225. The maximum atomic E-state index is 11.3. The lowest BCUT2D eigenvalue weighted by molar-refractivity contribution is 0.0944. The van der Waals surface area contributed by atoms with Crippen LogP contribution in [0.3, 0.4) is 0 Å². The van der Waals surface area contributed by atoms with E-state index in [4.69, 9.17) is 4.74 Å². The lowest BCUT2D eigenvalue weighted by Gasteiger charge is -2.04. The predicted octanol–water partition coefficient (Wildman–Crippen LogP) is -0.360. The van der Waals surface area contributed by atoms with E-state index in [2.05, 4.69) is 20.3 Å². The molecule has 0 saturated heterocycles. The zero-order valence-corrected chi connectivity index (χ0v) is 8.66. The first-order valence-corrected chi connectivity index (χ1v) is 4.73. The minimum Gasteiger partial charge on any atom is -0.383 e. The number of ether oxygens (including phenoxy) is 1. The Morgan fingerprint density at radius 1 is 1.53 bits per heavy atom. The number of aromatic nitrogens is 1. The molecule has 1 aromatic rings. The molecule has 6 nitrogen and oxygen atoms in total. The van der Waals surface area contributed by atoms with Crippen molar-refractivity contribution >= 4 is 5.91 Å². The Balaban J connectivity index is 2.03. The van der Waals surface area contributed by atoms with E-state index in [0.29, 0.717) is 25.4 Å². The highest BCUT2D eigenvalue weighted by molar-refractivity contribution is 5.91. The molecule has 0 unspecified atom stereocenters. The van der Waals surface area contributed by atoms with Gasteiger partial charge < -0.3 is 19.9 Å². The molecule has 0 fully saturated rings. The van der Waals surface area contributed by atoms with Gasteiger partial charge >= 0.3 is 0 Å². The summed E-state index contributed by atoms with van der Waals surface area (Å²) in [6.07, 6.45) is 1.37. The SMILES string of the molecule is COCCNCCNC(=O)c1ccon1. The van der Waals surface area contributed by atoms with Gasteiger partial charge in [0.2, 0.25) is 0 Å². The molecule has 0 aliphatic rings. The summed E-state index contributed by atoms with van der Waals surface area (Å²) in [7, 11) is 1.65. The van der Waals surface area contributed by atoms with E-state index < -0.39 is 0 Å². The molecule has 6 heteroatoms. The van der Waals surface area contributed by atoms with Crippen molar-refractivity contribution < 1.29 is 14.1 Å². The monoisotopic (exact) mass is 213 g/mol. The van der Waals surface area contributed by atoms with Crippen LogP contribution in [-0.2, 0) is 4.74 Å². The molecule has 1 aromatic heterocycles. The zero-order chi connectivity index (χ0) is 10.9. The van der Waals surface area contributed by atoms with Crippen LogP contribution in [0.25, 0.3) is 0 Å². The van der Waals surface area contributed by atoms with Crippen LogP contribution in [0.1, 0.15) is 10.5 Å². The van der Waals surface area contributed by atoms with Crippen molar-refractivity contribution in [2.24, 2.45) is 0 Å². The second-order valence-electron chi connectivity index (χ2n) is 2.88. The highest BCUT2D eigenvalue weighted by Crippen LogP contribution is 1.92. The van der Waals surface area contributed by atoms with Gasteiger partial charge in [0.25, 0.3) is 5.91 Å². The van der Waals surface area contributed by atoms with Crippen LogP contribution in [-0.4, -0.2) is 44.4 Å². The number of carbonyl (C=O) groups excluding carboxylic acids is 1. The number of rotatable bonds is 7. The van der Waals surface area contributed by atoms with Crippen molar-refractivity contribution in [3.05, 3.63) is 18.0 Å². The molecule has 0 saturated carbocycles. The zero-order valence-electron chi connectivity index (χ0n) is 8.66. The van der Waals surface area contributed by atoms with E-state index in [1.54, 1.807) is 7.11 Å². The highest BCUT2D eigenvalue weighted by Gasteiger charge is 2.06. The summed E-state index contributed by atoms with van der Waals surface area (Å²) in [4.78, 5) is 11.3.